The summed E-state index contributed by atoms with van der Waals surface area (Å²) in [5.74, 6) is -2.05. The smallest absolute Gasteiger partial charge is 0.223 e. The van der Waals surface area contributed by atoms with Gasteiger partial charge in [-0.15, -0.1) is 0 Å². The molecule has 1 aromatic heterocycles. The maximum Gasteiger partial charge on any atom is 0.223 e. The molecule has 0 bridgehead atoms. The van der Waals surface area contributed by atoms with Crippen molar-refractivity contribution in [1.82, 2.24) is 20.3 Å². The van der Waals surface area contributed by atoms with Crippen LogP contribution in [0.25, 0.3) is 0 Å². The zero-order valence-electron chi connectivity index (χ0n) is 12.3. The fourth-order valence-corrected chi connectivity index (χ4v) is 2.78. The number of aliphatic hydroxyl groups is 1. The van der Waals surface area contributed by atoms with Crippen LogP contribution in [0.15, 0.2) is 24.4 Å². The van der Waals surface area contributed by atoms with E-state index in [4.69, 9.17) is 0 Å². The molecule has 2 heterocycles. The first-order valence-electron chi connectivity index (χ1n) is 7.29. The minimum atomic E-state index is -1.22. The van der Waals surface area contributed by atoms with Crippen LogP contribution >= 0.6 is 0 Å². The van der Waals surface area contributed by atoms with E-state index in [0.717, 1.165) is 6.07 Å². The van der Waals surface area contributed by atoms with Crippen molar-refractivity contribution in [3.63, 3.8) is 0 Å². The molecule has 2 aromatic rings. The molecule has 0 aliphatic carbocycles. The zero-order valence-corrected chi connectivity index (χ0v) is 12.3. The number of aryl methyl sites for hydroxylation is 1. The molecule has 23 heavy (non-hydrogen) atoms. The Kier molecular flexibility index (Phi) is 4.08. The van der Waals surface area contributed by atoms with Crippen molar-refractivity contribution in [3.8, 4) is 0 Å². The van der Waals surface area contributed by atoms with Crippen LogP contribution in [0.2, 0.25) is 0 Å². The van der Waals surface area contributed by atoms with E-state index in [2.05, 4.69) is 15.4 Å². The van der Waals surface area contributed by atoms with Gasteiger partial charge < -0.3 is 10.0 Å². The number of nitrogens with zero attached hydrogens (tertiary/aromatic N) is 3. The molecule has 122 valence electrons. The molecular weight excluding hydrogens is 306 g/mol. The van der Waals surface area contributed by atoms with Gasteiger partial charge in [0.25, 0.3) is 0 Å². The number of carbonyl (C=O) groups is 1. The van der Waals surface area contributed by atoms with E-state index in [1.807, 2.05) is 0 Å². The third-order valence-corrected chi connectivity index (χ3v) is 4.13. The van der Waals surface area contributed by atoms with Gasteiger partial charge in [-0.05, 0) is 18.1 Å². The van der Waals surface area contributed by atoms with Crippen LogP contribution in [-0.2, 0) is 16.8 Å². The lowest BCUT2D eigenvalue weighted by Gasteiger charge is -2.21. The van der Waals surface area contributed by atoms with Gasteiger partial charge in [-0.25, -0.2) is 8.78 Å². The van der Waals surface area contributed by atoms with Gasteiger partial charge in [-0.1, -0.05) is 12.1 Å². The molecule has 0 unspecified atom stereocenters. The highest BCUT2D eigenvalue weighted by Gasteiger charge is 2.41. The molecule has 0 spiro atoms. The SMILES string of the molecule is O=C(CCc1cccc(F)c1F)N1CC[C@](O)(c2cn[nH]n2)C1. The van der Waals surface area contributed by atoms with E-state index in [1.54, 1.807) is 0 Å². The Morgan fingerprint density at radius 3 is 3.00 bits per heavy atom. The van der Waals surface area contributed by atoms with Crippen LogP contribution < -0.4 is 0 Å². The highest BCUT2D eigenvalue weighted by molar-refractivity contribution is 5.77. The van der Waals surface area contributed by atoms with Crippen LogP contribution in [0.1, 0.15) is 24.1 Å². The molecule has 6 nitrogen and oxygen atoms in total. The highest BCUT2D eigenvalue weighted by Crippen LogP contribution is 2.30. The van der Waals surface area contributed by atoms with Gasteiger partial charge in [-0.3, -0.25) is 4.79 Å². The Bertz CT molecular complexity index is 708. The zero-order chi connectivity index (χ0) is 16.4. The summed E-state index contributed by atoms with van der Waals surface area (Å²) < 4.78 is 26.7. The number of likely N-dealkylation sites (tertiary alicyclic amines) is 1. The summed E-state index contributed by atoms with van der Waals surface area (Å²) in [6.07, 6.45) is 1.95. The van der Waals surface area contributed by atoms with Gasteiger partial charge in [0.15, 0.2) is 11.6 Å². The van der Waals surface area contributed by atoms with Crippen LogP contribution in [0.4, 0.5) is 8.78 Å². The number of aromatic nitrogens is 3. The summed E-state index contributed by atoms with van der Waals surface area (Å²) in [6.45, 7) is 0.498. The number of carbonyl (C=O) groups excluding carboxylic acids is 1. The number of hydrogen-bond acceptors (Lipinski definition) is 4. The maximum atomic E-state index is 13.6. The number of β-amino-alcohol motifs (C(OH)–C–C–N with tert-alkyl or cyclic N) is 1. The first kappa shape index (κ1) is 15.5. The predicted molar refractivity (Wildman–Crippen MR) is 76.2 cm³/mol. The lowest BCUT2D eigenvalue weighted by atomic mass is 10.00. The Hall–Kier alpha value is -2.35. The number of aromatic amines is 1. The van der Waals surface area contributed by atoms with Gasteiger partial charge in [0.2, 0.25) is 5.91 Å². The third-order valence-electron chi connectivity index (χ3n) is 4.13. The summed E-state index contributed by atoms with van der Waals surface area (Å²) in [5.41, 5.74) is -0.652. The fraction of sp³-hybridized carbons (Fsp3) is 0.400. The van der Waals surface area contributed by atoms with Gasteiger partial charge in [0, 0.05) is 19.4 Å². The summed E-state index contributed by atoms with van der Waals surface area (Å²) in [7, 11) is 0. The summed E-state index contributed by atoms with van der Waals surface area (Å²) >= 11 is 0. The molecule has 1 saturated heterocycles. The first-order chi connectivity index (χ1) is 11.0. The second-order valence-electron chi connectivity index (χ2n) is 5.67. The van der Waals surface area contributed by atoms with Crippen LogP contribution in [0.3, 0.4) is 0 Å². The van der Waals surface area contributed by atoms with Crippen molar-refractivity contribution in [2.45, 2.75) is 24.9 Å². The van der Waals surface area contributed by atoms with Crippen molar-refractivity contribution >= 4 is 5.91 Å². The molecule has 1 aliphatic rings. The Balaban J connectivity index is 1.61. The summed E-state index contributed by atoms with van der Waals surface area (Å²) in [5, 5.41) is 20.5. The highest BCUT2D eigenvalue weighted by atomic mass is 19.2. The minimum Gasteiger partial charge on any atom is -0.381 e. The number of hydrogen-bond donors (Lipinski definition) is 2. The molecule has 1 fully saturated rings. The third kappa shape index (κ3) is 3.07. The van der Waals surface area contributed by atoms with E-state index in [-0.39, 0.29) is 30.9 Å². The van der Waals surface area contributed by atoms with Gasteiger partial charge in [0.1, 0.15) is 11.3 Å². The molecule has 8 heteroatoms. The van der Waals surface area contributed by atoms with Crippen molar-refractivity contribution in [3.05, 3.63) is 47.3 Å². The monoisotopic (exact) mass is 322 g/mol. The van der Waals surface area contributed by atoms with Gasteiger partial charge in [0.05, 0.1) is 12.7 Å². The Labute approximate surface area is 131 Å². The average Bonchev–Trinajstić information content (AvgIpc) is 3.19. The lowest BCUT2D eigenvalue weighted by Crippen LogP contribution is -2.34. The van der Waals surface area contributed by atoms with Crippen LogP contribution in [0.5, 0.6) is 0 Å². The molecule has 1 atom stereocenters. The second kappa shape index (κ2) is 6.04. The normalized spacial score (nSPS) is 20.9. The van der Waals surface area contributed by atoms with E-state index >= 15 is 0 Å². The second-order valence-corrected chi connectivity index (χ2v) is 5.67. The largest absolute Gasteiger partial charge is 0.381 e. The first-order valence-corrected chi connectivity index (χ1v) is 7.29. The number of halogens is 2. The fourth-order valence-electron chi connectivity index (χ4n) is 2.78. The van der Waals surface area contributed by atoms with Crippen molar-refractivity contribution in [2.24, 2.45) is 0 Å². The van der Waals surface area contributed by atoms with E-state index in [9.17, 15) is 18.7 Å². The Morgan fingerprint density at radius 2 is 2.26 bits per heavy atom. The van der Waals surface area contributed by atoms with Crippen molar-refractivity contribution in [2.75, 3.05) is 13.1 Å². The molecule has 3 rings (SSSR count). The maximum absolute atomic E-state index is 13.6. The average molecular weight is 322 g/mol. The molecule has 1 amide bonds. The lowest BCUT2D eigenvalue weighted by molar-refractivity contribution is -0.131. The minimum absolute atomic E-state index is 0.0509. The van der Waals surface area contributed by atoms with E-state index in [1.165, 1.54) is 23.2 Å². The molecule has 2 N–H and O–H groups in total. The molecule has 1 aliphatic heterocycles. The number of benzene rings is 1. The van der Waals surface area contributed by atoms with Crippen LogP contribution in [-0.4, -0.2) is 44.4 Å². The predicted octanol–water partition coefficient (Wildman–Crippen LogP) is 1.14. The standard InChI is InChI=1S/C15H16F2N4O2/c16-11-3-1-2-10(14(11)17)4-5-13(22)21-7-6-15(23,9-21)12-8-18-20-19-12/h1-3,8,23H,4-7,9H2,(H,18,19,20)/t15-/m1/s1. The summed E-state index contributed by atoms with van der Waals surface area (Å²) in [4.78, 5) is 13.7. The van der Waals surface area contributed by atoms with E-state index in [0.29, 0.717) is 18.7 Å². The summed E-state index contributed by atoms with van der Waals surface area (Å²) in [6, 6.07) is 3.91. The number of nitrogens with one attached hydrogen (secondary N) is 1. The molecule has 0 radical (unpaired) electrons. The van der Waals surface area contributed by atoms with Crippen molar-refractivity contribution in [1.29, 1.82) is 0 Å². The van der Waals surface area contributed by atoms with Crippen LogP contribution in [0, 0.1) is 11.6 Å². The van der Waals surface area contributed by atoms with Gasteiger partial charge >= 0.3 is 0 Å². The quantitative estimate of drug-likeness (QED) is 0.884. The molecular formula is C15H16F2N4O2. The number of H-pyrrole nitrogens is 1. The Morgan fingerprint density at radius 1 is 1.43 bits per heavy atom. The number of rotatable bonds is 4. The molecule has 1 aromatic carbocycles. The van der Waals surface area contributed by atoms with Crippen molar-refractivity contribution < 1.29 is 18.7 Å². The molecule has 0 saturated carbocycles. The number of amides is 1. The topological polar surface area (TPSA) is 82.1 Å². The van der Waals surface area contributed by atoms with E-state index < -0.39 is 17.2 Å². The van der Waals surface area contributed by atoms with Gasteiger partial charge in [-0.2, -0.15) is 15.4 Å².